The molecule has 2 aromatic rings. The van der Waals surface area contributed by atoms with E-state index in [0.29, 0.717) is 25.2 Å². The van der Waals surface area contributed by atoms with Gasteiger partial charge in [0.1, 0.15) is 16.5 Å². The maximum Gasteiger partial charge on any atom is 0.264 e. The molecule has 1 saturated heterocycles. The molecule has 6 nitrogen and oxygen atoms in total. The fourth-order valence-corrected chi connectivity index (χ4v) is 5.57. The Hall–Kier alpha value is -2.04. The lowest BCUT2D eigenvalue weighted by atomic mass is 10.2. The molecule has 0 amide bonds. The van der Waals surface area contributed by atoms with Crippen LogP contribution in [0.1, 0.15) is 19.3 Å². The number of hydrogen-bond donors (Lipinski definition) is 1. The quantitative estimate of drug-likeness (QED) is 0.812. The summed E-state index contributed by atoms with van der Waals surface area (Å²) in [5, 5.41) is 0. The lowest BCUT2D eigenvalue weighted by Gasteiger charge is -2.26. The molecule has 0 aliphatic carbocycles. The average molecular weight is 416 g/mol. The first-order valence-corrected chi connectivity index (χ1v) is 11.2. The second-order valence-corrected chi connectivity index (χ2v) is 9.76. The summed E-state index contributed by atoms with van der Waals surface area (Å²) in [4.78, 5) is -0.920. The second-order valence-electron chi connectivity index (χ2n) is 6.17. The van der Waals surface area contributed by atoms with Crippen molar-refractivity contribution in [3.63, 3.8) is 0 Å². The van der Waals surface area contributed by atoms with Crippen molar-refractivity contribution in [3.05, 3.63) is 54.1 Å². The van der Waals surface area contributed by atoms with Crippen molar-refractivity contribution in [3.8, 4) is 0 Å². The predicted molar refractivity (Wildman–Crippen MR) is 96.2 cm³/mol. The monoisotopic (exact) mass is 416 g/mol. The molecule has 0 bridgehead atoms. The fourth-order valence-electron chi connectivity index (χ4n) is 2.87. The Bertz CT molecular complexity index is 1050. The normalized spacial score (nSPS) is 16.2. The third-order valence-corrected chi connectivity index (χ3v) is 7.51. The topological polar surface area (TPSA) is 83.5 Å². The van der Waals surface area contributed by atoms with Crippen molar-refractivity contribution in [2.45, 2.75) is 29.1 Å². The van der Waals surface area contributed by atoms with Gasteiger partial charge < -0.3 is 0 Å². The zero-order chi connectivity index (χ0) is 19.7. The molecule has 1 heterocycles. The van der Waals surface area contributed by atoms with Gasteiger partial charge in [0.15, 0.2) is 0 Å². The largest absolute Gasteiger partial charge is 0.279 e. The van der Waals surface area contributed by atoms with Crippen LogP contribution in [0.2, 0.25) is 0 Å². The maximum absolute atomic E-state index is 13.8. The van der Waals surface area contributed by atoms with Crippen LogP contribution in [0.15, 0.2) is 52.3 Å². The maximum atomic E-state index is 13.8. The van der Waals surface area contributed by atoms with E-state index in [0.717, 1.165) is 25.3 Å². The van der Waals surface area contributed by atoms with Gasteiger partial charge in [0.25, 0.3) is 10.0 Å². The summed E-state index contributed by atoms with van der Waals surface area (Å²) in [5.74, 6) is -2.01. The number of hydrogen-bond acceptors (Lipinski definition) is 4. The molecule has 10 heteroatoms. The zero-order valence-electron chi connectivity index (χ0n) is 14.2. The highest BCUT2D eigenvalue weighted by molar-refractivity contribution is 7.92. The van der Waals surface area contributed by atoms with Gasteiger partial charge in [0, 0.05) is 13.1 Å². The second kappa shape index (κ2) is 7.53. The van der Waals surface area contributed by atoms with Gasteiger partial charge in [-0.15, -0.1) is 0 Å². The summed E-state index contributed by atoms with van der Waals surface area (Å²) in [6.07, 6.45) is 2.50. The highest BCUT2D eigenvalue weighted by Crippen LogP contribution is 2.25. The van der Waals surface area contributed by atoms with Crippen molar-refractivity contribution in [1.82, 2.24) is 4.31 Å². The highest BCUT2D eigenvalue weighted by Gasteiger charge is 2.27. The highest BCUT2D eigenvalue weighted by atomic mass is 32.2. The summed E-state index contributed by atoms with van der Waals surface area (Å²) < 4.78 is 80.7. The summed E-state index contributed by atoms with van der Waals surface area (Å²) in [5.41, 5.74) is -0.0586. The third kappa shape index (κ3) is 4.28. The fraction of sp³-hybridized carbons (Fsp3) is 0.294. The van der Waals surface area contributed by atoms with E-state index >= 15 is 0 Å². The van der Waals surface area contributed by atoms with Gasteiger partial charge in [-0.3, -0.25) is 4.72 Å². The Balaban J connectivity index is 1.91. The SMILES string of the molecule is O=S(=O)(Nc1cccc(S(=O)(=O)N2CCCCC2)c1)c1cc(F)ccc1F. The number of rotatable bonds is 5. The summed E-state index contributed by atoms with van der Waals surface area (Å²) >= 11 is 0. The van der Waals surface area contributed by atoms with Crippen LogP contribution in [0.5, 0.6) is 0 Å². The molecule has 0 saturated carbocycles. The number of nitrogens with one attached hydrogen (secondary N) is 1. The molecule has 27 heavy (non-hydrogen) atoms. The molecule has 3 rings (SSSR count). The molecule has 2 aromatic carbocycles. The minimum absolute atomic E-state index is 0.0586. The van der Waals surface area contributed by atoms with Gasteiger partial charge >= 0.3 is 0 Å². The summed E-state index contributed by atoms with van der Waals surface area (Å²) in [7, 11) is -8.18. The van der Waals surface area contributed by atoms with Gasteiger partial charge in [-0.05, 0) is 49.2 Å². The molecular weight excluding hydrogens is 398 g/mol. The molecule has 0 unspecified atom stereocenters. The molecule has 1 fully saturated rings. The number of nitrogens with zero attached hydrogens (tertiary/aromatic N) is 1. The first-order valence-electron chi connectivity index (χ1n) is 8.28. The Morgan fingerprint density at radius 2 is 1.59 bits per heavy atom. The number of sulfonamides is 2. The van der Waals surface area contributed by atoms with E-state index in [9.17, 15) is 25.6 Å². The Kier molecular flexibility index (Phi) is 5.50. The molecule has 0 spiro atoms. The molecule has 0 radical (unpaired) electrons. The Morgan fingerprint density at radius 3 is 2.30 bits per heavy atom. The van der Waals surface area contributed by atoms with Crippen molar-refractivity contribution >= 4 is 25.7 Å². The van der Waals surface area contributed by atoms with E-state index in [4.69, 9.17) is 0 Å². The molecule has 0 aromatic heterocycles. The number of anilines is 1. The summed E-state index contributed by atoms with van der Waals surface area (Å²) in [6, 6.07) is 7.33. The van der Waals surface area contributed by atoms with Gasteiger partial charge in [-0.1, -0.05) is 12.5 Å². The van der Waals surface area contributed by atoms with Gasteiger partial charge in [-0.2, -0.15) is 4.31 Å². The van der Waals surface area contributed by atoms with Crippen LogP contribution in [-0.2, 0) is 20.0 Å². The lowest BCUT2D eigenvalue weighted by Crippen LogP contribution is -2.35. The Labute approximate surface area is 156 Å². The standard InChI is InChI=1S/C17H18F2N2O4S2/c18-13-7-8-16(19)17(11-13)26(22,23)20-14-5-4-6-15(12-14)27(24,25)21-9-2-1-3-10-21/h4-8,11-12,20H,1-3,9-10H2. The van der Waals surface area contributed by atoms with Crippen LogP contribution < -0.4 is 4.72 Å². The molecule has 0 atom stereocenters. The van der Waals surface area contributed by atoms with E-state index in [2.05, 4.69) is 4.72 Å². The van der Waals surface area contributed by atoms with Crippen molar-refractivity contribution < 1.29 is 25.6 Å². The number of piperidine rings is 1. The number of benzene rings is 2. The lowest BCUT2D eigenvalue weighted by molar-refractivity contribution is 0.346. The molecule has 1 aliphatic heterocycles. The van der Waals surface area contributed by atoms with Crippen LogP contribution in [0, 0.1) is 11.6 Å². The summed E-state index contributed by atoms with van der Waals surface area (Å²) in [6.45, 7) is 0.819. The van der Waals surface area contributed by atoms with Crippen LogP contribution in [0.3, 0.4) is 0 Å². The zero-order valence-corrected chi connectivity index (χ0v) is 15.9. The van der Waals surface area contributed by atoms with E-state index < -0.39 is 36.6 Å². The first kappa shape index (κ1) is 19.7. The predicted octanol–water partition coefficient (Wildman–Crippen LogP) is 2.94. The molecule has 1 N–H and O–H groups in total. The number of halogens is 2. The van der Waals surface area contributed by atoms with Crippen LogP contribution in [-0.4, -0.2) is 34.2 Å². The molecule has 146 valence electrons. The minimum atomic E-state index is -4.43. The van der Waals surface area contributed by atoms with Gasteiger partial charge in [-0.25, -0.2) is 25.6 Å². The average Bonchev–Trinajstić information content (AvgIpc) is 2.64. The van der Waals surface area contributed by atoms with Crippen molar-refractivity contribution in [1.29, 1.82) is 0 Å². The van der Waals surface area contributed by atoms with Crippen LogP contribution in [0.4, 0.5) is 14.5 Å². The van der Waals surface area contributed by atoms with E-state index in [1.807, 2.05) is 0 Å². The van der Waals surface area contributed by atoms with Crippen LogP contribution >= 0.6 is 0 Å². The van der Waals surface area contributed by atoms with Gasteiger partial charge in [0.2, 0.25) is 10.0 Å². The van der Waals surface area contributed by atoms with E-state index in [1.165, 1.54) is 28.6 Å². The van der Waals surface area contributed by atoms with Crippen molar-refractivity contribution in [2.75, 3.05) is 17.8 Å². The molecule has 1 aliphatic rings. The smallest absolute Gasteiger partial charge is 0.264 e. The minimum Gasteiger partial charge on any atom is -0.279 e. The van der Waals surface area contributed by atoms with Crippen LogP contribution in [0.25, 0.3) is 0 Å². The molecular formula is C17H18F2N2O4S2. The first-order chi connectivity index (χ1) is 12.7. The van der Waals surface area contributed by atoms with E-state index in [1.54, 1.807) is 0 Å². The van der Waals surface area contributed by atoms with Crippen molar-refractivity contribution in [2.24, 2.45) is 0 Å². The third-order valence-electron chi connectivity index (χ3n) is 4.22. The Morgan fingerprint density at radius 1 is 0.889 bits per heavy atom. The van der Waals surface area contributed by atoms with E-state index in [-0.39, 0.29) is 10.6 Å². The van der Waals surface area contributed by atoms with Gasteiger partial charge in [0.05, 0.1) is 10.6 Å².